The smallest absolute Gasteiger partial charge is 0.255 e. The second-order valence-corrected chi connectivity index (χ2v) is 7.95. The van der Waals surface area contributed by atoms with Crippen molar-refractivity contribution in [2.75, 3.05) is 23.8 Å². The molecule has 3 N–H and O–H groups in total. The van der Waals surface area contributed by atoms with Crippen LogP contribution in [0.25, 0.3) is 0 Å². The molecule has 3 aromatic carbocycles. The number of benzene rings is 3. The summed E-state index contributed by atoms with van der Waals surface area (Å²) in [5, 5.41) is 8.50. The molecule has 3 aromatic rings. The SMILES string of the molecule is C=CC(=O)NCc1ccccc1CC(=O)Nc1cc(OCC)c(NC(=O)c2ccccc2)cc1OCC. The molecule has 37 heavy (non-hydrogen) atoms. The Morgan fingerprint density at radius 2 is 1.38 bits per heavy atom. The molecule has 0 saturated carbocycles. The number of nitrogens with one attached hydrogen (secondary N) is 3. The Morgan fingerprint density at radius 1 is 0.811 bits per heavy atom. The van der Waals surface area contributed by atoms with Crippen LogP contribution in [0.5, 0.6) is 11.5 Å². The van der Waals surface area contributed by atoms with Gasteiger partial charge in [0, 0.05) is 24.2 Å². The monoisotopic (exact) mass is 501 g/mol. The molecule has 0 aliphatic carbocycles. The first kappa shape index (κ1) is 27.0. The minimum Gasteiger partial charge on any atom is -0.492 e. The van der Waals surface area contributed by atoms with Crippen molar-refractivity contribution in [3.63, 3.8) is 0 Å². The number of hydrogen-bond acceptors (Lipinski definition) is 5. The van der Waals surface area contributed by atoms with E-state index in [-0.39, 0.29) is 30.7 Å². The van der Waals surface area contributed by atoms with Crippen molar-refractivity contribution in [1.82, 2.24) is 5.32 Å². The van der Waals surface area contributed by atoms with Crippen LogP contribution < -0.4 is 25.4 Å². The molecule has 0 fully saturated rings. The van der Waals surface area contributed by atoms with E-state index >= 15 is 0 Å². The second-order valence-electron chi connectivity index (χ2n) is 7.95. The number of ether oxygens (including phenoxy) is 2. The Bertz CT molecular complexity index is 1260. The van der Waals surface area contributed by atoms with Gasteiger partial charge in [-0.05, 0) is 43.2 Å². The van der Waals surface area contributed by atoms with Crippen molar-refractivity contribution < 1.29 is 23.9 Å². The maximum Gasteiger partial charge on any atom is 0.255 e. The fraction of sp³-hybridized carbons (Fsp3) is 0.207. The van der Waals surface area contributed by atoms with Crippen molar-refractivity contribution in [2.45, 2.75) is 26.8 Å². The molecular formula is C29H31N3O5. The number of carbonyl (C=O) groups excluding carboxylic acids is 3. The topological polar surface area (TPSA) is 106 Å². The molecule has 0 aliphatic heterocycles. The molecule has 3 rings (SSSR count). The van der Waals surface area contributed by atoms with Crippen molar-refractivity contribution in [3.05, 3.63) is 96.1 Å². The van der Waals surface area contributed by atoms with E-state index in [1.54, 1.807) is 36.4 Å². The number of carbonyl (C=O) groups is 3. The maximum absolute atomic E-state index is 13.0. The van der Waals surface area contributed by atoms with E-state index in [0.29, 0.717) is 41.7 Å². The van der Waals surface area contributed by atoms with Gasteiger partial charge in [-0.25, -0.2) is 0 Å². The van der Waals surface area contributed by atoms with Gasteiger partial charge in [0.05, 0.1) is 31.0 Å². The Kier molecular flexibility index (Phi) is 9.84. The third kappa shape index (κ3) is 7.70. The van der Waals surface area contributed by atoms with Crippen LogP contribution in [-0.2, 0) is 22.6 Å². The van der Waals surface area contributed by atoms with E-state index in [0.717, 1.165) is 11.1 Å². The highest BCUT2D eigenvalue weighted by Gasteiger charge is 2.18. The average molecular weight is 502 g/mol. The Balaban J connectivity index is 1.82. The van der Waals surface area contributed by atoms with E-state index in [2.05, 4.69) is 22.5 Å². The fourth-order valence-corrected chi connectivity index (χ4v) is 3.61. The predicted octanol–water partition coefficient (Wildman–Crippen LogP) is 4.72. The molecule has 0 saturated heterocycles. The minimum atomic E-state index is -0.291. The largest absolute Gasteiger partial charge is 0.492 e. The van der Waals surface area contributed by atoms with Gasteiger partial charge in [-0.3, -0.25) is 14.4 Å². The van der Waals surface area contributed by atoms with E-state index < -0.39 is 0 Å². The zero-order valence-electron chi connectivity index (χ0n) is 21.0. The molecular weight excluding hydrogens is 470 g/mol. The van der Waals surface area contributed by atoms with Crippen molar-refractivity contribution >= 4 is 29.1 Å². The summed E-state index contributed by atoms with van der Waals surface area (Å²) in [7, 11) is 0. The molecule has 0 radical (unpaired) electrons. The number of anilines is 2. The van der Waals surface area contributed by atoms with Crippen molar-refractivity contribution in [1.29, 1.82) is 0 Å². The molecule has 0 spiro atoms. The van der Waals surface area contributed by atoms with Crippen LogP contribution in [0, 0.1) is 0 Å². The summed E-state index contributed by atoms with van der Waals surface area (Å²) >= 11 is 0. The highest BCUT2D eigenvalue weighted by molar-refractivity contribution is 6.05. The lowest BCUT2D eigenvalue weighted by atomic mass is 10.0. The van der Waals surface area contributed by atoms with Crippen molar-refractivity contribution in [3.8, 4) is 11.5 Å². The van der Waals surface area contributed by atoms with Gasteiger partial charge in [-0.15, -0.1) is 0 Å². The van der Waals surface area contributed by atoms with E-state index in [9.17, 15) is 14.4 Å². The molecule has 8 nitrogen and oxygen atoms in total. The standard InChI is InChI=1S/C29H31N3O5/c1-4-27(33)30-19-22-15-11-10-14-21(22)16-28(34)31-23-17-26(37-6-3)24(18-25(23)36-5-2)32-29(35)20-12-8-7-9-13-20/h4,7-15,17-18H,1,5-6,16,19H2,2-3H3,(H,30,33)(H,31,34)(H,32,35). The van der Waals surface area contributed by atoms with Gasteiger partial charge < -0.3 is 25.4 Å². The van der Waals surface area contributed by atoms with Gasteiger partial charge in [-0.2, -0.15) is 0 Å². The minimum absolute atomic E-state index is 0.0855. The quantitative estimate of drug-likeness (QED) is 0.312. The summed E-state index contributed by atoms with van der Waals surface area (Å²) in [5.74, 6) is -0.0521. The molecule has 0 aromatic heterocycles. The van der Waals surface area contributed by atoms with Gasteiger partial charge in [0.1, 0.15) is 11.5 Å². The third-order valence-electron chi connectivity index (χ3n) is 5.35. The summed E-state index contributed by atoms with van der Waals surface area (Å²) in [4.78, 5) is 37.3. The van der Waals surface area contributed by atoms with Crippen LogP contribution in [0.4, 0.5) is 11.4 Å². The van der Waals surface area contributed by atoms with Crippen LogP contribution >= 0.6 is 0 Å². The van der Waals surface area contributed by atoms with E-state index in [4.69, 9.17) is 9.47 Å². The van der Waals surface area contributed by atoms with Gasteiger partial charge in [0.15, 0.2) is 0 Å². The van der Waals surface area contributed by atoms with Crippen LogP contribution in [0.15, 0.2) is 79.4 Å². The molecule has 0 unspecified atom stereocenters. The molecule has 0 aliphatic rings. The zero-order valence-corrected chi connectivity index (χ0v) is 21.0. The van der Waals surface area contributed by atoms with Gasteiger partial charge >= 0.3 is 0 Å². The maximum atomic E-state index is 13.0. The molecule has 192 valence electrons. The first-order valence-electron chi connectivity index (χ1n) is 12.0. The zero-order chi connectivity index (χ0) is 26.6. The highest BCUT2D eigenvalue weighted by atomic mass is 16.5. The van der Waals surface area contributed by atoms with Gasteiger partial charge in [0.25, 0.3) is 5.91 Å². The lowest BCUT2D eigenvalue weighted by molar-refractivity contribution is -0.116. The van der Waals surface area contributed by atoms with Gasteiger partial charge in [-0.1, -0.05) is 49.0 Å². The predicted molar refractivity (Wildman–Crippen MR) is 144 cm³/mol. The lowest BCUT2D eigenvalue weighted by Gasteiger charge is -2.18. The Labute approximate surface area is 216 Å². The van der Waals surface area contributed by atoms with Crippen LogP contribution in [-0.4, -0.2) is 30.9 Å². The van der Waals surface area contributed by atoms with Crippen LogP contribution in [0.3, 0.4) is 0 Å². The summed E-state index contributed by atoms with van der Waals surface area (Å²) in [6.45, 7) is 8.11. The molecule has 0 bridgehead atoms. The van der Waals surface area contributed by atoms with E-state index in [1.807, 2.05) is 44.2 Å². The van der Waals surface area contributed by atoms with E-state index in [1.165, 1.54) is 6.08 Å². The Hall–Kier alpha value is -4.59. The first-order valence-corrected chi connectivity index (χ1v) is 12.0. The molecule has 8 heteroatoms. The summed E-state index contributed by atoms with van der Waals surface area (Å²) < 4.78 is 11.5. The summed E-state index contributed by atoms with van der Waals surface area (Å²) in [6, 6.07) is 19.5. The molecule has 0 heterocycles. The summed E-state index contributed by atoms with van der Waals surface area (Å²) in [6.07, 6.45) is 1.29. The van der Waals surface area contributed by atoms with Crippen LogP contribution in [0.2, 0.25) is 0 Å². The number of rotatable bonds is 12. The lowest BCUT2D eigenvalue weighted by Crippen LogP contribution is -2.22. The third-order valence-corrected chi connectivity index (χ3v) is 5.35. The van der Waals surface area contributed by atoms with Crippen LogP contribution in [0.1, 0.15) is 35.3 Å². The number of amides is 3. The fourth-order valence-electron chi connectivity index (χ4n) is 3.61. The Morgan fingerprint density at radius 3 is 1.97 bits per heavy atom. The molecule has 3 amide bonds. The first-order chi connectivity index (χ1) is 17.9. The highest BCUT2D eigenvalue weighted by Crippen LogP contribution is 2.37. The second kappa shape index (κ2) is 13.5. The number of hydrogen-bond donors (Lipinski definition) is 3. The summed E-state index contributed by atoms with van der Waals surface area (Å²) in [5.41, 5.74) is 2.96. The van der Waals surface area contributed by atoms with Gasteiger partial charge in [0.2, 0.25) is 11.8 Å². The average Bonchev–Trinajstić information content (AvgIpc) is 2.91. The van der Waals surface area contributed by atoms with Crippen molar-refractivity contribution in [2.24, 2.45) is 0 Å². The molecule has 0 atom stereocenters. The normalized spacial score (nSPS) is 10.2.